The molecule has 0 spiro atoms. The molecule has 1 heterocycles. The fraction of sp³-hybridized carbons (Fsp3) is 0.375. The van der Waals surface area contributed by atoms with Crippen molar-refractivity contribution < 1.29 is 9.52 Å². The first-order chi connectivity index (χ1) is 9.70. The highest BCUT2D eigenvalue weighted by atomic mass is 79.9. The molecule has 0 amide bonds. The molecule has 2 aromatic rings. The lowest BCUT2D eigenvalue weighted by atomic mass is 10.1. The van der Waals surface area contributed by atoms with Crippen LogP contribution in [-0.2, 0) is 6.54 Å². The van der Waals surface area contributed by atoms with E-state index in [1.54, 1.807) is 0 Å². The lowest BCUT2D eigenvalue weighted by Gasteiger charge is -2.03. The van der Waals surface area contributed by atoms with E-state index >= 15 is 0 Å². The first kappa shape index (κ1) is 15.3. The second kappa shape index (κ2) is 7.62. The SMILES string of the molecule is Cc1cc(-c2ccc(CNCCCCO)o2)ccc1Br. The molecular formula is C16H20BrNO2. The smallest absolute Gasteiger partial charge is 0.134 e. The van der Waals surface area contributed by atoms with Gasteiger partial charge in [0, 0.05) is 16.6 Å². The summed E-state index contributed by atoms with van der Waals surface area (Å²) in [5, 5.41) is 12.0. The Labute approximate surface area is 128 Å². The number of furan rings is 1. The van der Waals surface area contributed by atoms with E-state index in [-0.39, 0.29) is 6.61 Å². The monoisotopic (exact) mass is 337 g/mol. The van der Waals surface area contributed by atoms with Crippen LogP contribution in [0.3, 0.4) is 0 Å². The van der Waals surface area contributed by atoms with Gasteiger partial charge in [-0.15, -0.1) is 0 Å². The maximum Gasteiger partial charge on any atom is 0.134 e. The van der Waals surface area contributed by atoms with Gasteiger partial charge in [-0.3, -0.25) is 0 Å². The molecule has 0 aliphatic carbocycles. The number of hydrogen-bond acceptors (Lipinski definition) is 3. The average Bonchev–Trinajstić information content (AvgIpc) is 2.90. The summed E-state index contributed by atoms with van der Waals surface area (Å²) >= 11 is 3.50. The third-order valence-corrected chi connectivity index (χ3v) is 4.05. The zero-order valence-electron chi connectivity index (χ0n) is 11.7. The molecule has 0 saturated heterocycles. The maximum absolute atomic E-state index is 8.70. The van der Waals surface area contributed by atoms with Gasteiger partial charge in [-0.25, -0.2) is 0 Å². The van der Waals surface area contributed by atoms with Crippen LogP contribution in [0.1, 0.15) is 24.2 Å². The summed E-state index contributed by atoms with van der Waals surface area (Å²) < 4.78 is 6.95. The highest BCUT2D eigenvalue weighted by Crippen LogP contribution is 2.26. The predicted octanol–water partition coefficient (Wildman–Crippen LogP) is 3.88. The molecule has 0 atom stereocenters. The number of hydrogen-bond donors (Lipinski definition) is 2. The molecule has 2 N–H and O–H groups in total. The molecule has 0 aliphatic rings. The molecule has 0 bridgehead atoms. The predicted molar refractivity (Wildman–Crippen MR) is 84.6 cm³/mol. The quantitative estimate of drug-likeness (QED) is 0.753. The number of aryl methyl sites for hydroxylation is 1. The summed E-state index contributed by atoms with van der Waals surface area (Å²) in [5.74, 6) is 1.83. The first-order valence-corrected chi connectivity index (χ1v) is 7.67. The molecular weight excluding hydrogens is 318 g/mol. The van der Waals surface area contributed by atoms with Crippen molar-refractivity contribution in [3.8, 4) is 11.3 Å². The Balaban J connectivity index is 1.93. The number of aliphatic hydroxyl groups is 1. The summed E-state index contributed by atoms with van der Waals surface area (Å²) in [5.41, 5.74) is 2.29. The summed E-state index contributed by atoms with van der Waals surface area (Å²) in [4.78, 5) is 0. The summed E-state index contributed by atoms with van der Waals surface area (Å²) in [7, 11) is 0. The minimum Gasteiger partial charge on any atom is -0.460 e. The Bertz CT molecular complexity index is 551. The molecule has 2 rings (SSSR count). The normalized spacial score (nSPS) is 10.9. The standard InChI is InChI=1S/C16H20BrNO2/c1-12-10-13(4-6-15(12)17)16-7-5-14(20-16)11-18-8-2-3-9-19/h4-7,10,18-19H,2-3,8-9,11H2,1H3. The second-order valence-electron chi connectivity index (χ2n) is 4.84. The molecule has 0 aliphatic heterocycles. The fourth-order valence-corrected chi connectivity index (χ4v) is 2.25. The summed E-state index contributed by atoms with van der Waals surface area (Å²) in [6.45, 7) is 3.95. The molecule has 108 valence electrons. The summed E-state index contributed by atoms with van der Waals surface area (Å²) in [6, 6.07) is 10.2. The Hall–Kier alpha value is -1.10. The van der Waals surface area contributed by atoms with E-state index in [1.165, 1.54) is 5.56 Å². The molecule has 0 fully saturated rings. The van der Waals surface area contributed by atoms with Crippen LogP contribution >= 0.6 is 15.9 Å². The van der Waals surface area contributed by atoms with Gasteiger partial charge in [-0.1, -0.05) is 22.0 Å². The Kier molecular flexibility index (Phi) is 5.83. The zero-order valence-corrected chi connectivity index (χ0v) is 13.2. The van der Waals surface area contributed by atoms with Crippen LogP contribution in [0.5, 0.6) is 0 Å². The van der Waals surface area contributed by atoms with Crippen LogP contribution in [0.25, 0.3) is 11.3 Å². The lowest BCUT2D eigenvalue weighted by molar-refractivity contribution is 0.283. The first-order valence-electron chi connectivity index (χ1n) is 6.87. The van der Waals surface area contributed by atoms with Gasteiger partial charge in [0.15, 0.2) is 0 Å². The maximum atomic E-state index is 8.70. The van der Waals surface area contributed by atoms with Crippen LogP contribution < -0.4 is 5.32 Å². The highest BCUT2D eigenvalue weighted by molar-refractivity contribution is 9.10. The summed E-state index contributed by atoms with van der Waals surface area (Å²) in [6.07, 6.45) is 1.82. The average molecular weight is 338 g/mol. The number of unbranched alkanes of at least 4 members (excludes halogenated alkanes) is 1. The lowest BCUT2D eigenvalue weighted by Crippen LogP contribution is -2.14. The van der Waals surface area contributed by atoms with Crippen molar-refractivity contribution in [2.75, 3.05) is 13.2 Å². The van der Waals surface area contributed by atoms with Crippen molar-refractivity contribution in [2.24, 2.45) is 0 Å². The molecule has 3 nitrogen and oxygen atoms in total. The van der Waals surface area contributed by atoms with Gasteiger partial charge in [0.05, 0.1) is 6.54 Å². The molecule has 0 radical (unpaired) electrons. The third kappa shape index (κ3) is 4.20. The second-order valence-corrected chi connectivity index (χ2v) is 5.69. The van der Waals surface area contributed by atoms with Gasteiger partial charge in [0.25, 0.3) is 0 Å². The van der Waals surface area contributed by atoms with Crippen LogP contribution in [-0.4, -0.2) is 18.3 Å². The Morgan fingerprint density at radius 2 is 2.05 bits per heavy atom. The third-order valence-electron chi connectivity index (χ3n) is 3.17. The van der Waals surface area contributed by atoms with Crippen LogP contribution in [0.4, 0.5) is 0 Å². The van der Waals surface area contributed by atoms with Gasteiger partial charge in [-0.05, 0) is 56.1 Å². The van der Waals surface area contributed by atoms with Gasteiger partial charge in [0.2, 0.25) is 0 Å². The van der Waals surface area contributed by atoms with Crippen LogP contribution in [0.2, 0.25) is 0 Å². The van der Waals surface area contributed by atoms with Gasteiger partial charge < -0.3 is 14.8 Å². The van der Waals surface area contributed by atoms with Crippen molar-refractivity contribution in [1.29, 1.82) is 0 Å². The Morgan fingerprint density at radius 3 is 2.80 bits per heavy atom. The van der Waals surface area contributed by atoms with Gasteiger partial charge in [-0.2, -0.15) is 0 Å². The van der Waals surface area contributed by atoms with Crippen LogP contribution in [0.15, 0.2) is 39.2 Å². The van der Waals surface area contributed by atoms with E-state index in [0.29, 0.717) is 0 Å². The van der Waals surface area contributed by atoms with Crippen molar-refractivity contribution in [3.63, 3.8) is 0 Å². The minimum atomic E-state index is 0.259. The molecule has 1 aromatic carbocycles. The number of rotatable bonds is 7. The highest BCUT2D eigenvalue weighted by Gasteiger charge is 2.06. The van der Waals surface area contributed by atoms with E-state index < -0.39 is 0 Å². The topological polar surface area (TPSA) is 45.4 Å². The molecule has 0 unspecified atom stereocenters. The minimum absolute atomic E-state index is 0.259. The molecule has 0 saturated carbocycles. The molecule has 4 heteroatoms. The van der Waals surface area contributed by atoms with Crippen molar-refractivity contribution >= 4 is 15.9 Å². The number of halogens is 1. The molecule has 1 aromatic heterocycles. The number of nitrogens with one attached hydrogen (secondary N) is 1. The number of benzene rings is 1. The van der Waals surface area contributed by atoms with Crippen molar-refractivity contribution in [3.05, 3.63) is 46.1 Å². The van der Waals surface area contributed by atoms with E-state index in [1.807, 2.05) is 24.3 Å². The number of aliphatic hydroxyl groups excluding tert-OH is 1. The molecule has 20 heavy (non-hydrogen) atoms. The van der Waals surface area contributed by atoms with E-state index in [0.717, 1.165) is 47.5 Å². The van der Waals surface area contributed by atoms with E-state index in [9.17, 15) is 0 Å². The van der Waals surface area contributed by atoms with Gasteiger partial charge in [0.1, 0.15) is 11.5 Å². The van der Waals surface area contributed by atoms with Gasteiger partial charge >= 0.3 is 0 Å². The largest absolute Gasteiger partial charge is 0.460 e. The zero-order chi connectivity index (χ0) is 14.4. The fourth-order valence-electron chi connectivity index (χ4n) is 2.00. The van der Waals surface area contributed by atoms with E-state index in [4.69, 9.17) is 9.52 Å². The van der Waals surface area contributed by atoms with Crippen molar-refractivity contribution in [2.45, 2.75) is 26.3 Å². The van der Waals surface area contributed by atoms with Crippen molar-refractivity contribution in [1.82, 2.24) is 5.32 Å². The van der Waals surface area contributed by atoms with Crippen LogP contribution in [0, 0.1) is 6.92 Å². The van der Waals surface area contributed by atoms with E-state index in [2.05, 4.69) is 34.2 Å². The Morgan fingerprint density at radius 1 is 1.20 bits per heavy atom.